The van der Waals surface area contributed by atoms with Crippen LogP contribution in [0, 0.1) is 0 Å². The molecule has 2 aromatic carbocycles. The monoisotopic (exact) mass is 372 g/mol. The number of aromatic nitrogens is 1. The molecule has 7 heteroatoms. The second-order valence-electron chi connectivity index (χ2n) is 6.70. The minimum atomic E-state index is -2.48. The molecule has 1 N–H and O–H groups in total. The summed E-state index contributed by atoms with van der Waals surface area (Å²) in [6.07, 6.45) is -2.01. The van der Waals surface area contributed by atoms with Crippen molar-refractivity contribution in [3.63, 3.8) is 0 Å². The van der Waals surface area contributed by atoms with Crippen LogP contribution in [0.5, 0.6) is 0 Å². The van der Waals surface area contributed by atoms with Gasteiger partial charge in [0.25, 0.3) is 6.43 Å². The lowest BCUT2D eigenvalue weighted by molar-refractivity contribution is 0.129. The fourth-order valence-corrected chi connectivity index (χ4v) is 3.44. The normalized spacial score (nSPS) is 15.6. The first-order valence-electron chi connectivity index (χ1n) is 8.78. The molecule has 0 aliphatic carbocycles. The number of hydrogen-bond donors (Lipinski definition) is 1. The van der Waals surface area contributed by atoms with E-state index >= 15 is 0 Å². The van der Waals surface area contributed by atoms with Crippen LogP contribution in [0.2, 0.25) is 0 Å². The molecule has 0 radical (unpaired) electrons. The summed E-state index contributed by atoms with van der Waals surface area (Å²) >= 11 is 0. The molecule has 0 atom stereocenters. The van der Waals surface area contributed by atoms with E-state index in [1.165, 1.54) is 17.0 Å². The van der Waals surface area contributed by atoms with Crippen molar-refractivity contribution in [2.24, 2.45) is 0 Å². The van der Waals surface area contributed by atoms with E-state index in [-0.39, 0.29) is 11.5 Å². The molecule has 0 bridgehead atoms. The van der Waals surface area contributed by atoms with E-state index in [1.54, 1.807) is 12.1 Å². The van der Waals surface area contributed by atoms with Crippen LogP contribution in [0.1, 0.15) is 36.6 Å². The minimum absolute atomic E-state index is 0.00347. The summed E-state index contributed by atoms with van der Waals surface area (Å²) in [5.74, 6) is 0.724. The number of oxazole rings is 1. The van der Waals surface area contributed by atoms with Crippen LogP contribution in [0.25, 0.3) is 22.2 Å². The molecule has 140 valence electrons. The third kappa shape index (κ3) is 3.49. The number of rotatable bonds is 3. The average molecular weight is 372 g/mol. The van der Waals surface area contributed by atoms with Crippen molar-refractivity contribution in [1.82, 2.24) is 9.88 Å². The van der Waals surface area contributed by atoms with Gasteiger partial charge in [-0.2, -0.15) is 0 Å². The highest BCUT2D eigenvalue weighted by Gasteiger charge is 2.26. The molecule has 1 aromatic heterocycles. The Morgan fingerprint density at radius 3 is 2.41 bits per heavy atom. The molecule has 1 aliphatic rings. The molecule has 2 heterocycles. The van der Waals surface area contributed by atoms with Crippen molar-refractivity contribution >= 4 is 17.2 Å². The van der Waals surface area contributed by atoms with Crippen LogP contribution >= 0.6 is 0 Å². The standard InChI is InChI=1S/C20H18F2N2O3/c21-18(22)13-3-1-12(2-4-13)15-5-6-17-16(11-15)23-19(27-17)14-7-9-24(10-8-14)20(25)26/h1-6,11,14,18H,7-10H2,(H,25,26). The molecule has 4 rings (SSSR count). The van der Waals surface area contributed by atoms with Gasteiger partial charge in [-0.05, 0) is 36.1 Å². The van der Waals surface area contributed by atoms with Gasteiger partial charge in [0, 0.05) is 24.6 Å². The first-order chi connectivity index (χ1) is 13.0. The van der Waals surface area contributed by atoms with E-state index in [4.69, 9.17) is 9.52 Å². The van der Waals surface area contributed by atoms with Gasteiger partial charge in [-0.3, -0.25) is 0 Å². The average Bonchev–Trinajstić information content (AvgIpc) is 3.11. The number of fused-ring (bicyclic) bond motifs is 1. The third-order valence-electron chi connectivity index (χ3n) is 5.01. The Hall–Kier alpha value is -2.96. The van der Waals surface area contributed by atoms with Gasteiger partial charge < -0.3 is 14.4 Å². The van der Waals surface area contributed by atoms with Crippen LogP contribution in [-0.2, 0) is 0 Å². The van der Waals surface area contributed by atoms with Gasteiger partial charge in [0.1, 0.15) is 5.52 Å². The van der Waals surface area contributed by atoms with Crippen LogP contribution < -0.4 is 0 Å². The molecule has 1 saturated heterocycles. The summed E-state index contributed by atoms with van der Waals surface area (Å²) in [7, 11) is 0. The van der Waals surface area contributed by atoms with Gasteiger partial charge in [-0.15, -0.1) is 0 Å². The van der Waals surface area contributed by atoms with E-state index in [2.05, 4.69) is 4.98 Å². The zero-order valence-corrected chi connectivity index (χ0v) is 14.4. The van der Waals surface area contributed by atoms with Gasteiger partial charge in [-0.25, -0.2) is 18.6 Å². The molecule has 1 aliphatic heterocycles. The Kier molecular flexibility index (Phi) is 4.51. The predicted molar refractivity (Wildman–Crippen MR) is 96.0 cm³/mol. The van der Waals surface area contributed by atoms with Gasteiger partial charge in [0.05, 0.1) is 0 Å². The summed E-state index contributed by atoms with van der Waals surface area (Å²) in [6, 6.07) is 11.8. The highest BCUT2D eigenvalue weighted by Crippen LogP contribution is 2.32. The number of nitrogens with zero attached hydrogens (tertiary/aromatic N) is 2. The molecule has 3 aromatic rings. The van der Waals surface area contributed by atoms with Crippen molar-refractivity contribution in [2.75, 3.05) is 13.1 Å². The Morgan fingerprint density at radius 2 is 1.78 bits per heavy atom. The van der Waals surface area contributed by atoms with Crippen molar-refractivity contribution in [1.29, 1.82) is 0 Å². The van der Waals surface area contributed by atoms with E-state index in [0.29, 0.717) is 42.9 Å². The summed E-state index contributed by atoms with van der Waals surface area (Å²) in [5.41, 5.74) is 3.08. The zero-order chi connectivity index (χ0) is 19.0. The highest BCUT2D eigenvalue weighted by molar-refractivity contribution is 5.80. The van der Waals surface area contributed by atoms with Crippen LogP contribution in [0.15, 0.2) is 46.9 Å². The van der Waals surface area contributed by atoms with E-state index in [9.17, 15) is 13.6 Å². The van der Waals surface area contributed by atoms with Crippen molar-refractivity contribution in [3.05, 3.63) is 53.9 Å². The third-order valence-corrected chi connectivity index (χ3v) is 5.01. The van der Waals surface area contributed by atoms with E-state index in [1.807, 2.05) is 18.2 Å². The molecular formula is C20H18F2N2O3. The predicted octanol–water partition coefficient (Wildman–Crippen LogP) is 5.29. The molecule has 0 saturated carbocycles. The number of halogens is 2. The molecule has 0 unspecified atom stereocenters. The number of carbonyl (C=O) groups is 1. The lowest BCUT2D eigenvalue weighted by Gasteiger charge is -2.28. The highest BCUT2D eigenvalue weighted by atomic mass is 19.3. The maximum atomic E-state index is 12.7. The van der Waals surface area contributed by atoms with Gasteiger partial charge >= 0.3 is 6.09 Å². The van der Waals surface area contributed by atoms with Gasteiger partial charge in [0.2, 0.25) is 0 Å². The first kappa shape index (κ1) is 17.5. The van der Waals surface area contributed by atoms with Crippen molar-refractivity contribution in [2.45, 2.75) is 25.2 Å². The summed E-state index contributed by atoms with van der Waals surface area (Å²) in [6.45, 7) is 0.945. The fourth-order valence-electron chi connectivity index (χ4n) is 3.44. The number of likely N-dealkylation sites (tertiary alicyclic amines) is 1. The SMILES string of the molecule is O=C(O)N1CCC(c2nc3cc(-c4ccc(C(F)F)cc4)ccc3o2)CC1. The molecule has 5 nitrogen and oxygen atoms in total. The first-order valence-corrected chi connectivity index (χ1v) is 8.78. The zero-order valence-electron chi connectivity index (χ0n) is 14.4. The molecule has 1 amide bonds. The molecule has 0 spiro atoms. The minimum Gasteiger partial charge on any atom is -0.465 e. The quantitative estimate of drug-likeness (QED) is 0.678. The Balaban J connectivity index is 1.56. The molecular weight excluding hydrogens is 354 g/mol. The Morgan fingerprint density at radius 1 is 1.11 bits per heavy atom. The van der Waals surface area contributed by atoms with Crippen LogP contribution in [0.4, 0.5) is 13.6 Å². The summed E-state index contributed by atoms with van der Waals surface area (Å²) in [5, 5.41) is 9.04. The number of amides is 1. The smallest absolute Gasteiger partial charge is 0.407 e. The largest absolute Gasteiger partial charge is 0.465 e. The maximum absolute atomic E-state index is 12.7. The lowest BCUT2D eigenvalue weighted by atomic mass is 9.97. The van der Waals surface area contributed by atoms with Gasteiger partial charge in [0.15, 0.2) is 11.5 Å². The van der Waals surface area contributed by atoms with Crippen molar-refractivity contribution in [3.8, 4) is 11.1 Å². The Bertz CT molecular complexity index is 961. The maximum Gasteiger partial charge on any atom is 0.407 e. The van der Waals surface area contributed by atoms with Crippen LogP contribution in [-0.4, -0.2) is 34.2 Å². The fraction of sp³-hybridized carbons (Fsp3) is 0.300. The molecule has 1 fully saturated rings. The van der Waals surface area contributed by atoms with Crippen LogP contribution in [0.3, 0.4) is 0 Å². The van der Waals surface area contributed by atoms with Gasteiger partial charge in [-0.1, -0.05) is 30.3 Å². The van der Waals surface area contributed by atoms with E-state index in [0.717, 1.165) is 11.1 Å². The Labute approximate surface area is 154 Å². The number of carboxylic acid groups (broad SMARTS) is 1. The molecule has 27 heavy (non-hydrogen) atoms. The van der Waals surface area contributed by atoms with E-state index < -0.39 is 12.5 Å². The van der Waals surface area contributed by atoms with Crippen molar-refractivity contribution < 1.29 is 23.1 Å². The summed E-state index contributed by atoms with van der Waals surface area (Å²) < 4.78 is 31.3. The lowest BCUT2D eigenvalue weighted by Crippen LogP contribution is -2.36. The number of alkyl halides is 2. The number of benzene rings is 2. The number of hydrogen-bond acceptors (Lipinski definition) is 3. The topological polar surface area (TPSA) is 66.6 Å². The number of piperidine rings is 1. The second kappa shape index (κ2) is 6.98. The summed E-state index contributed by atoms with van der Waals surface area (Å²) in [4.78, 5) is 17.0. The second-order valence-corrected chi connectivity index (χ2v) is 6.70.